The summed E-state index contributed by atoms with van der Waals surface area (Å²) in [6.07, 6.45) is 0. The van der Waals surface area contributed by atoms with Crippen molar-refractivity contribution < 1.29 is 13.2 Å². The maximum atomic E-state index is 13.8. The van der Waals surface area contributed by atoms with Crippen molar-refractivity contribution in [1.29, 1.82) is 5.41 Å². The van der Waals surface area contributed by atoms with Gasteiger partial charge in [0.25, 0.3) is 5.92 Å². The number of hydrogen-bond donors (Lipinski definition) is 2. The van der Waals surface area contributed by atoms with Gasteiger partial charge in [-0.3, -0.25) is 5.41 Å². The van der Waals surface area contributed by atoms with Gasteiger partial charge >= 0.3 is 0 Å². The molecule has 1 heterocycles. The molecule has 2 aromatic rings. The van der Waals surface area contributed by atoms with Crippen LogP contribution in [0.3, 0.4) is 0 Å². The number of benzene rings is 2. The summed E-state index contributed by atoms with van der Waals surface area (Å²) in [5, 5.41) is 11.4. The Morgan fingerprint density at radius 2 is 1.82 bits per heavy atom. The van der Waals surface area contributed by atoms with E-state index in [4.69, 9.17) is 5.41 Å². The average Bonchev–Trinajstić information content (AvgIpc) is 2.62. The van der Waals surface area contributed by atoms with Crippen LogP contribution >= 0.6 is 15.9 Å². The molecule has 1 aliphatic heterocycles. The van der Waals surface area contributed by atoms with Gasteiger partial charge in [-0.15, -0.1) is 0 Å². The van der Waals surface area contributed by atoms with Crippen LogP contribution in [0.4, 0.5) is 13.2 Å². The lowest BCUT2D eigenvalue weighted by Gasteiger charge is -2.48. The first kappa shape index (κ1) is 20.5. The fourth-order valence-electron chi connectivity index (χ4n) is 3.62. The predicted octanol–water partition coefficient (Wildman–Crippen LogP) is 5.68. The monoisotopic (exact) mass is 451 g/mol. The van der Waals surface area contributed by atoms with E-state index in [0.717, 1.165) is 18.1 Å². The highest BCUT2D eigenvalue weighted by Crippen LogP contribution is 2.45. The molecule has 2 N–H and O–H groups in total. The SMILES string of the molecule is C=C1[C@@H](c2ccc(C(C)(F)F)cc2)[C@@](C)(c2ccc(F)c(Br)c2)NC(=N)N1C. The van der Waals surface area contributed by atoms with E-state index >= 15 is 0 Å². The maximum Gasteiger partial charge on any atom is 0.270 e. The van der Waals surface area contributed by atoms with Gasteiger partial charge in [0, 0.05) is 25.2 Å². The molecule has 7 heteroatoms. The van der Waals surface area contributed by atoms with Crippen LogP contribution in [0, 0.1) is 11.2 Å². The van der Waals surface area contributed by atoms with Crippen molar-refractivity contribution in [3.63, 3.8) is 0 Å². The Bertz CT molecular complexity index is 937. The van der Waals surface area contributed by atoms with Crippen LogP contribution in [0.15, 0.2) is 59.2 Å². The van der Waals surface area contributed by atoms with Gasteiger partial charge < -0.3 is 10.2 Å². The van der Waals surface area contributed by atoms with E-state index in [0.29, 0.717) is 10.2 Å². The molecule has 0 spiro atoms. The van der Waals surface area contributed by atoms with Gasteiger partial charge in [0.05, 0.1) is 15.9 Å². The topological polar surface area (TPSA) is 39.1 Å². The molecule has 2 aromatic carbocycles. The molecule has 28 heavy (non-hydrogen) atoms. The lowest BCUT2D eigenvalue weighted by atomic mass is 9.72. The van der Waals surface area contributed by atoms with Crippen molar-refractivity contribution in [2.75, 3.05) is 7.05 Å². The predicted molar refractivity (Wildman–Crippen MR) is 108 cm³/mol. The molecule has 0 aliphatic carbocycles. The number of nitrogens with zero attached hydrogens (tertiary/aromatic N) is 1. The van der Waals surface area contributed by atoms with Gasteiger partial charge in [-0.05, 0) is 46.1 Å². The van der Waals surface area contributed by atoms with E-state index in [9.17, 15) is 13.2 Å². The van der Waals surface area contributed by atoms with Crippen molar-refractivity contribution in [3.05, 3.63) is 81.7 Å². The second kappa shape index (κ2) is 6.95. The van der Waals surface area contributed by atoms with Crippen molar-refractivity contribution in [3.8, 4) is 0 Å². The van der Waals surface area contributed by atoms with Crippen LogP contribution in [-0.2, 0) is 11.5 Å². The third-order valence-corrected chi connectivity index (χ3v) is 5.93. The Labute approximate surface area is 170 Å². The van der Waals surface area contributed by atoms with Gasteiger partial charge in [-0.25, -0.2) is 13.2 Å². The first-order valence-corrected chi connectivity index (χ1v) is 9.47. The number of alkyl halides is 2. The molecule has 1 aliphatic rings. The van der Waals surface area contributed by atoms with Crippen molar-refractivity contribution >= 4 is 21.9 Å². The minimum atomic E-state index is -2.93. The second-order valence-corrected chi connectivity index (χ2v) is 8.15. The maximum absolute atomic E-state index is 13.8. The fraction of sp³-hybridized carbons (Fsp3) is 0.286. The van der Waals surface area contributed by atoms with Crippen molar-refractivity contribution in [2.24, 2.45) is 0 Å². The largest absolute Gasteiger partial charge is 0.346 e. The quantitative estimate of drug-likeness (QED) is 0.629. The lowest BCUT2D eigenvalue weighted by molar-refractivity contribution is 0.0174. The molecule has 1 fully saturated rings. The number of hydrogen-bond acceptors (Lipinski definition) is 1. The number of likely N-dealkylation sites (N-methyl/N-ethyl adjacent to an activating group) is 1. The van der Waals surface area contributed by atoms with E-state index in [1.807, 2.05) is 6.92 Å². The first-order chi connectivity index (χ1) is 12.9. The summed E-state index contributed by atoms with van der Waals surface area (Å²) in [6.45, 7) is 6.90. The van der Waals surface area contributed by atoms with Crippen molar-refractivity contribution in [1.82, 2.24) is 10.2 Å². The molecule has 0 unspecified atom stereocenters. The van der Waals surface area contributed by atoms with Crippen LogP contribution in [0.25, 0.3) is 0 Å². The molecule has 1 saturated heterocycles. The summed E-state index contributed by atoms with van der Waals surface area (Å²) in [6, 6.07) is 10.8. The Balaban J connectivity index is 2.14. The molecule has 0 aromatic heterocycles. The number of rotatable bonds is 3. The Kier molecular flexibility index (Phi) is 5.08. The Hall–Kier alpha value is -2.28. The molecule has 0 bridgehead atoms. The lowest BCUT2D eigenvalue weighted by Crippen LogP contribution is -2.58. The van der Waals surface area contributed by atoms with Gasteiger partial charge in [0.2, 0.25) is 0 Å². The Morgan fingerprint density at radius 1 is 1.21 bits per heavy atom. The molecule has 3 rings (SSSR count). The highest BCUT2D eigenvalue weighted by Gasteiger charge is 2.45. The zero-order valence-corrected chi connectivity index (χ0v) is 17.4. The zero-order valence-electron chi connectivity index (χ0n) is 15.8. The Morgan fingerprint density at radius 3 is 2.36 bits per heavy atom. The van der Waals surface area contributed by atoms with Crippen LogP contribution in [0.2, 0.25) is 0 Å². The summed E-state index contributed by atoms with van der Waals surface area (Å²) in [5.74, 6) is -3.52. The van der Waals surface area contributed by atoms with Gasteiger partial charge in [0.1, 0.15) is 5.82 Å². The zero-order chi connectivity index (χ0) is 20.9. The van der Waals surface area contributed by atoms with Gasteiger partial charge in [-0.1, -0.05) is 36.9 Å². The summed E-state index contributed by atoms with van der Waals surface area (Å²) in [4.78, 5) is 1.62. The van der Waals surface area contributed by atoms with E-state index in [1.165, 1.54) is 18.2 Å². The van der Waals surface area contributed by atoms with E-state index < -0.39 is 11.5 Å². The molecule has 0 saturated carbocycles. The van der Waals surface area contributed by atoms with E-state index in [1.54, 1.807) is 36.2 Å². The molecular weight excluding hydrogens is 431 g/mol. The normalized spacial score (nSPS) is 23.0. The smallest absolute Gasteiger partial charge is 0.270 e. The number of guanidine groups is 1. The number of halogens is 4. The summed E-state index contributed by atoms with van der Waals surface area (Å²) in [5.41, 5.74) is 1.26. The molecular formula is C21H21BrF3N3. The number of nitrogens with one attached hydrogen (secondary N) is 2. The highest BCUT2D eigenvalue weighted by atomic mass is 79.9. The minimum Gasteiger partial charge on any atom is -0.346 e. The van der Waals surface area contributed by atoms with E-state index in [-0.39, 0.29) is 23.3 Å². The molecule has 3 nitrogen and oxygen atoms in total. The standard InChI is InChI=1S/C21H21BrF3N3/c1-12-18(13-5-7-14(8-6-13)21(3,24)25)20(2,27-19(26)28(12)4)15-9-10-17(23)16(22)11-15/h5-11,18H,1H2,2-4H3,(H2,26,27)/t18-,20+/m0/s1. The fourth-order valence-corrected chi connectivity index (χ4v) is 4.00. The summed E-state index contributed by atoms with van der Waals surface area (Å²) < 4.78 is 41.3. The highest BCUT2D eigenvalue weighted by molar-refractivity contribution is 9.10. The van der Waals surface area contributed by atoms with Gasteiger partial charge in [-0.2, -0.15) is 0 Å². The first-order valence-electron chi connectivity index (χ1n) is 8.68. The summed E-state index contributed by atoms with van der Waals surface area (Å²) >= 11 is 3.21. The third-order valence-electron chi connectivity index (χ3n) is 5.33. The average molecular weight is 452 g/mol. The van der Waals surface area contributed by atoms with Crippen molar-refractivity contribution in [2.45, 2.75) is 31.2 Å². The van der Waals surface area contributed by atoms with Crippen LogP contribution in [0.1, 0.15) is 36.5 Å². The third kappa shape index (κ3) is 3.43. The minimum absolute atomic E-state index is 0.0713. The summed E-state index contributed by atoms with van der Waals surface area (Å²) in [7, 11) is 1.72. The van der Waals surface area contributed by atoms with Crippen LogP contribution in [0.5, 0.6) is 0 Å². The van der Waals surface area contributed by atoms with Crippen LogP contribution < -0.4 is 5.32 Å². The van der Waals surface area contributed by atoms with Crippen LogP contribution in [-0.4, -0.2) is 17.9 Å². The van der Waals surface area contributed by atoms with Gasteiger partial charge in [0.15, 0.2) is 5.96 Å². The molecule has 0 radical (unpaired) electrons. The molecule has 0 amide bonds. The molecule has 148 valence electrons. The molecule has 2 atom stereocenters. The second-order valence-electron chi connectivity index (χ2n) is 7.30. The van der Waals surface area contributed by atoms with E-state index in [2.05, 4.69) is 27.8 Å².